The number of amides is 1. The number of esters is 1. The molecular formula is C15H21NO5. The Morgan fingerprint density at radius 2 is 1.95 bits per heavy atom. The van der Waals surface area contributed by atoms with Crippen molar-refractivity contribution >= 4 is 17.7 Å². The topological polar surface area (TPSA) is 84.9 Å². The summed E-state index contributed by atoms with van der Waals surface area (Å²) in [6.07, 6.45) is -0.294. The maximum absolute atomic E-state index is 11.7. The third-order valence-corrected chi connectivity index (χ3v) is 2.54. The van der Waals surface area contributed by atoms with Crippen LogP contribution in [-0.2, 0) is 15.9 Å². The Kier molecular flexibility index (Phi) is 5.72. The molecular weight excluding hydrogens is 274 g/mol. The van der Waals surface area contributed by atoms with Gasteiger partial charge in [-0.15, -0.1) is 0 Å². The summed E-state index contributed by atoms with van der Waals surface area (Å²) in [6, 6.07) is 4.74. The van der Waals surface area contributed by atoms with E-state index >= 15 is 0 Å². The molecule has 1 rings (SSSR count). The van der Waals surface area contributed by atoms with Crippen molar-refractivity contribution in [3.05, 3.63) is 29.3 Å². The molecule has 0 fully saturated rings. The van der Waals surface area contributed by atoms with Crippen molar-refractivity contribution in [2.45, 2.75) is 32.8 Å². The minimum atomic E-state index is -0.593. The molecule has 2 N–H and O–H groups in total. The highest BCUT2D eigenvalue weighted by Crippen LogP contribution is 2.19. The molecule has 0 aliphatic carbocycles. The highest BCUT2D eigenvalue weighted by molar-refractivity contribution is 5.92. The summed E-state index contributed by atoms with van der Waals surface area (Å²) in [4.78, 5) is 23.3. The Morgan fingerprint density at radius 1 is 1.29 bits per heavy atom. The van der Waals surface area contributed by atoms with Crippen molar-refractivity contribution in [3.8, 4) is 0 Å². The predicted molar refractivity (Wildman–Crippen MR) is 78.4 cm³/mol. The normalized spacial score (nSPS) is 10.9. The van der Waals surface area contributed by atoms with Gasteiger partial charge in [-0.1, -0.05) is 0 Å². The van der Waals surface area contributed by atoms with Crippen molar-refractivity contribution in [1.82, 2.24) is 0 Å². The lowest BCUT2D eigenvalue weighted by Gasteiger charge is -2.20. The third-order valence-electron chi connectivity index (χ3n) is 2.54. The Hall–Kier alpha value is -2.08. The molecule has 0 spiro atoms. The molecule has 21 heavy (non-hydrogen) atoms. The molecule has 0 unspecified atom stereocenters. The number of ether oxygens (including phenoxy) is 2. The second-order valence-electron chi connectivity index (χ2n) is 5.46. The fraction of sp³-hybridized carbons (Fsp3) is 0.467. The van der Waals surface area contributed by atoms with Crippen molar-refractivity contribution in [2.24, 2.45) is 0 Å². The van der Waals surface area contributed by atoms with Crippen LogP contribution in [0.25, 0.3) is 0 Å². The number of aliphatic hydroxyl groups excluding tert-OH is 1. The van der Waals surface area contributed by atoms with E-state index in [1.807, 2.05) is 0 Å². The number of aliphatic hydroxyl groups is 1. The molecule has 0 aromatic heterocycles. The van der Waals surface area contributed by atoms with Gasteiger partial charge >= 0.3 is 12.1 Å². The van der Waals surface area contributed by atoms with E-state index in [9.17, 15) is 9.59 Å². The lowest BCUT2D eigenvalue weighted by Crippen LogP contribution is -2.27. The molecule has 0 saturated carbocycles. The Labute approximate surface area is 124 Å². The molecule has 0 heterocycles. The van der Waals surface area contributed by atoms with Gasteiger partial charge in [0.15, 0.2) is 0 Å². The van der Waals surface area contributed by atoms with Gasteiger partial charge in [-0.25, -0.2) is 9.59 Å². The summed E-state index contributed by atoms with van der Waals surface area (Å²) in [6.45, 7) is 5.19. The van der Waals surface area contributed by atoms with Crippen molar-refractivity contribution in [3.63, 3.8) is 0 Å². The Morgan fingerprint density at radius 3 is 2.48 bits per heavy atom. The van der Waals surface area contributed by atoms with Gasteiger partial charge < -0.3 is 14.6 Å². The first-order chi connectivity index (χ1) is 9.76. The van der Waals surface area contributed by atoms with Crippen molar-refractivity contribution in [1.29, 1.82) is 0 Å². The highest BCUT2D eigenvalue weighted by Gasteiger charge is 2.17. The number of hydrogen-bond acceptors (Lipinski definition) is 5. The predicted octanol–water partition coefficient (Wildman–Crippen LogP) is 2.36. The fourth-order valence-electron chi connectivity index (χ4n) is 1.73. The molecule has 0 bridgehead atoms. The number of carbonyl (C=O) groups is 2. The van der Waals surface area contributed by atoms with E-state index in [0.29, 0.717) is 16.8 Å². The van der Waals surface area contributed by atoms with Crippen LogP contribution < -0.4 is 5.32 Å². The van der Waals surface area contributed by atoms with E-state index in [0.717, 1.165) is 0 Å². The summed E-state index contributed by atoms with van der Waals surface area (Å²) < 4.78 is 9.83. The summed E-state index contributed by atoms with van der Waals surface area (Å²) in [5, 5.41) is 11.6. The Balaban J connectivity index is 2.92. The van der Waals surface area contributed by atoms with Crippen LogP contribution in [-0.4, -0.2) is 36.5 Å². The average molecular weight is 295 g/mol. The van der Waals surface area contributed by atoms with Gasteiger partial charge in [-0.2, -0.15) is 0 Å². The molecule has 1 aromatic rings. The van der Waals surface area contributed by atoms with E-state index < -0.39 is 17.7 Å². The molecule has 116 valence electrons. The fourth-order valence-corrected chi connectivity index (χ4v) is 1.73. The SMILES string of the molecule is COC(=O)c1ccc(NC(=O)OC(C)(C)C)cc1CCO. The van der Waals surface area contributed by atoms with Crippen LogP contribution in [0.3, 0.4) is 0 Å². The van der Waals surface area contributed by atoms with E-state index in [2.05, 4.69) is 10.1 Å². The maximum Gasteiger partial charge on any atom is 0.412 e. The number of rotatable bonds is 4. The molecule has 0 saturated heterocycles. The van der Waals surface area contributed by atoms with Crippen LogP contribution in [0.15, 0.2) is 18.2 Å². The first-order valence-electron chi connectivity index (χ1n) is 6.59. The average Bonchev–Trinajstić information content (AvgIpc) is 2.36. The van der Waals surface area contributed by atoms with Crippen LogP contribution in [0.5, 0.6) is 0 Å². The smallest absolute Gasteiger partial charge is 0.412 e. The highest BCUT2D eigenvalue weighted by atomic mass is 16.6. The first-order valence-corrected chi connectivity index (χ1v) is 6.59. The van der Waals surface area contributed by atoms with Crippen molar-refractivity contribution in [2.75, 3.05) is 19.0 Å². The van der Waals surface area contributed by atoms with Gasteiger partial charge in [0, 0.05) is 12.3 Å². The van der Waals surface area contributed by atoms with Gasteiger partial charge in [0.2, 0.25) is 0 Å². The molecule has 6 heteroatoms. The molecule has 1 amide bonds. The largest absolute Gasteiger partial charge is 0.465 e. The molecule has 0 radical (unpaired) electrons. The van der Waals surface area contributed by atoms with Crippen LogP contribution in [0.2, 0.25) is 0 Å². The molecule has 0 aliphatic heterocycles. The van der Waals surface area contributed by atoms with Gasteiger partial charge in [-0.3, -0.25) is 5.32 Å². The Bertz CT molecular complexity index is 519. The number of nitrogens with one attached hydrogen (secondary N) is 1. The minimum Gasteiger partial charge on any atom is -0.465 e. The number of anilines is 1. The number of hydrogen-bond donors (Lipinski definition) is 2. The lowest BCUT2D eigenvalue weighted by molar-refractivity contribution is 0.0597. The van der Waals surface area contributed by atoms with Crippen molar-refractivity contribution < 1.29 is 24.2 Å². The van der Waals surface area contributed by atoms with E-state index in [-0.39, 0.29) is 13.0 Å². The summed E-state index contributed by atoms with van der Waals surface area (Å²) in [7, 11) is 1.29. The molecule has 1 aromatic carbocycles. The zero-order valence-corrected chi connectivity index (χ0v) is 12.7. The number of methoxy groups -OCH3 is 1. The van der Waals surface area contributed by atoms with Gasteiger partial charge in [0.25, 0.3) is 0 Å². The number of benzene rings is 1. The first kappa shape index (κ1) is 17.0. The van der Waals surface area contributed by atoms with Crippen LogP contribution in [0.4, 0.5) is 10.5 Å². The van der Waals surface area contributed by atoms with Gasteiger partial charge in [0.1, 0.15) is 5.60 Å². The monoisotopic (exact) mass is 295 g/mol. The standard InChI is InChI=1S/C15H21NO5/c1-15(2,3)21-14(19)16-11-5-6-12(13(18)20-4)10(9-11)7-8-17/h5-6,9,17H,7-8H2,1-4H3,(H,16,19). The summed E-state index contributed by atoms with van der Waals surface area (Å²) in [5.74, 6) is -0.484. The van der Waals surface area contributed by atoms with E-state index in [1.54, 1.807) is 39.0 Å². The van der Waals surface area contributed by atoms with Gasteiger partial charge in [0.05, 0.1) is 12.7 Å². The van der Waals surface area contributed by atoms with E-state index in [4.69, 9.17) is 9.84 Å². The zero-order valence-electron chi connectivity index (χ0n) is 12.7. The quantitative estimate of drug-likeness (QED) is 0.833. The number of carbonyl (C=O) groups excluding carboxylic acids is 2. The summed E-state index contributed by atoms with van der Waals surface area (Å²) in [5.41, 5.74) is 0.851. The minimum absolute atomic E-state index is 0.111. The van der Waals surface area contributed by atoms with E-state index in [1.165, 1.54) is 7.11 Å². The lowest BCUT2D eigenvalue weighted by atomic mass is 10.0. The maximum atomic E-state index is 11.7. The second kappa shape index (κ2) is 7.08. The molecule has 0 atom stereocenters. The third kappa shape index (κ3) is 5.43. The zero-order chi connectivity index (χ0) is 16.0. The second-order valence-corrected chi connectivity index (χ2v) is 5.46. The molecule has 0 aliphatic rings. The molecule has 6 nitrogen and oxygen atoms in total. The van der Waals surface area contributed by atoms with Crippen LogP contribution in [0, 0.1) is 0 Å². The van der Waals surface area contributed by atoms with Gasteiger partial charge in [-0.05, 0) is 51.0 Å². The summed E-state index contributed by atoms with van der Waals surface area (Å²) >= 11 is 0. The van der Waals surface area contributed by atoms with Crippen LogP contribution in [0.1, 0.15) is 36.7 Å². The van der Waals surface area contributed by atoms with Crippen LogP contribution >= 0.6 is 0 Å².